The van der Waals surface area contributed by atoms with Crippen molar-refractivity contribution < 1.29 is 29.0 Å². The molecule has 12 nitrogen and oxygen atoms in total. The average Bonchev–Trinajstić information content (AvgIpc) is 3.71. The minimum absolute atomic E-state index is 0.0182. The van der Waals surface area contributed by atoms with Crippen molar-refractivity contribution in [2.75, 3.05) is 13.2 Å². The molecular weight excluding hydrogens is 669 g/mol. The number of aliphatic hydroxyl groups excluding tert-OH is 1. The fraction of sp³-hybridized carbons (Fsp3) is 0.500. The number of carbonyl (C=O) groups is 4. The normalized spacial score (nSPS) is 17.1. The number of carbonyl (C=O) groups excluding carboxylic acids is 4. The monoisotopic (exact) mass is 720 g/mol. The number of β-amino-alcohol motifs (C(OH)–C–C–N with tert-alkyl or cyclic N) is 1. The van der Waals surface area contributed by atoms with Crippen LogP contribution in [-0.4, -0.2) is 76.0 Å². The second-order valence-electron chi connectivity index (χ2n) is 14.4. The molecule has 2 heterocycles. The smallest absolute Gasteiger partial charge is 0.246 e. The van der Waals surface area contributed by atoms with Crippen molar-refractivity contribution in [3.63, 3.8) is 0 Å². The molecule has 0 radical (unpaired) electrons. The number of hydrogen-bond acceptors (Lipinski definition) is 9. The van der Waals surface area contributed by atoms with Gasteiger partial charge in [-0.3, -0.25) is 19.2 Å². The van der Waals surface area contributed by atoms with E-state index in [-0.39, 0.29) is 62.7 Å². The number of likely N-dealkylation sites (tertiary alicyclic amines) is 1. The Bertz CT molecular complexity index is 1640. The summed E-state index contributed by atoms with van der Waals surface area (Å²) in [5.41, 5.74) is 16.4. The van der Waals surface area contributed by atoms with E-state index in [1.807, 2.05) is 81.7 Å². The van der Waals surface area contributed by atoms with Crippen LogP contribution in [0.4, 0.5) is 0 Å². The topological polar surface area (TPSA) is 190 Å². The number of aromatic nitrogens is 1. The molecule has 4 amide bonds. The number of aliphatic hydroxyl groups is 1. The lowest BCUT2D eigenvalue weighted by molar-refractivity contribution is -0.144. The number of unbranched alkanes of at least 4 members (excludes halogenated alkanes) is 1. The van der Waals surface area contributed by atoms with E-state index in [4.69, 9.17) is 16.2 Å². The zero-order chi connectivity index (χ0) is 37.1. The number of nitrogens with two attached hydrogens (primary N) is 2. The maximum absolute atomic E-state index is 13.9. The molecule has 0 spiro atoms. The van der Waals surface area contributed by atoms with E-state index in [0.717, 1.165) is 40.1 Å². The predicted octanol–water partition coefficient (Wildman–Crippen LogP) is 3.61. The van der Waals surface area contributed by atoms with E-state index in [1.54, 1.807) is 11.3 Å². The molecule has 0 saturated carbocycles. The number of ether oxygens (including phenoxy) is 1. The van der Waals surface area contributed by atoms with Gasteiger partial charge in [0.2, 0.25) is 23.6 Å². The van der Waals surface area contributed by atoms with Crippen LogP contribution in [0, 0.1) is 12.3 Å². The van der Waals surface area contributed by atoms with Gasteiger partial charge in [0.15, 0.2) is 0 Å². The van der Waals surface area contributed by atoms with E-state index in [2.05, 4.69) is 15.6 Å². The van der Waals surface area contributed by atoms with Gasteiger partial charge in [-0.2, -0.15) is 0 Å². The average molecular weight is 721 g/mol. The van der Waals surface area contributed by atoms with Crippen LogP contribution in [0.5, 0.6) is 5.75 Å². The fourth-order valence-electron chi connectivity index (χ4n) is 6.03. The van der Waals surface area contributed by atoms with E-state index >= 15 is 0 Å². The van der Waals surface area contributed by atoms with E-state index in [0.29, 0.717) is 18.6 Å². The van der Waals surface area contributed by atoms with Gasteiger partial charge in [0.25, 0.3) is 0 Å². The molecule has 1 aliphatic rings. The van der Waals surface area contributed by atoms with Crippen LogP contribution < -0.4 is 26.8 Å². The van der Waals surface area contributed by atoms with Crippen LogP contribution >= 0.6 is 11.3 Å². The standard InChI is InChI=1S/C38H52N6O6S/c1-24-34(51-23-42-24)27-14-12-26(13-15-27)20-41-36(48)31-19-29(45)21-44(31)37(49)35(38(2,3)4)43-33(47)11-6-5-8-25-9-7-10-30(18-25)50-22-28(39)16-17-32(40)46/h7,9-10,12-15,18,23,28-29,31,35,45H,5-6,8,11,16-17,19-22,39H2,1-4H3,(H2,40,46)(H,41,48)(H,43,47)/t28-,29+,31-,35+/m0/s1. The van der Waals surface area contributed by atoms with Crippen molar-refractivity contribution in [2.24, 2.45) is 16.9 Å². The van der Waals surface area contributed by atoms with Crippen LogP contribution in [0.15, 0.2) is 54.0 Å². The Kier molecular flexibility index (Phi) is 14.1. The lowest BCUT2D eigenvalue weighted by atomic mass is 9.85. The van der Waals surface area contributed by atoms with Crippen LogP contribution in [-0.2, 0) is 32.1 Å². The minimum atomic E-state index is -0.878. The van der Waals surface area contributed by atoms with Gasteiger partial charge in [-0.05, 0) is 66.8 Å². The highest BCUT2D eigenvalue weighted by molar-refractivity contribution is 7.13. The van der Waals surface area contributed by atoms with Gasteiger partial charge in [-0.15, -0.1) is 11.3 Å². The summed E-state index contributed by atoms with van der Waals surface area (Å²) < 4.78 is 5.79. The van der Waals surface area contributed by atoms with Crippen molar-refractivity contribution in [2.45, 2.75) is 103 Å². The van der Waals surface area contributed by atoms with Gasteiger partial charge in [0.05, 0.1) is 22.2 Å². The van der Waals surface area contributed by atoms with Crippen LogP contribution in [0.3, 0.4) is 0 Å². The molecular formula is C38H52N6O6S. The number of thiazole rings is 1. The second-order valence-corrected chi connectivity index (χ2v) is 15.2. The van der Waals surface area contributed by atoms with Crippen molar-refractivity contribution in [1.82, 2.24) is 20.5 Å². The molecule has 276 valence electrons. The molecule has 0 aliphatic carbocycles. The molecule has 1 aromatic heterocycles. The van der Waals surface area contributed by atoms with E-state index < -0.39 is 29.5 Å². The lowest BCUT2D eigenvalue weighted by Gasteiger charge is -2.35. The Balaban J connectivity index is 1.26. The quantitative estimate of drug-likeness (QED) is 0.131. The summed E-state index contributed by atoms with van der Waals surface area (Å²) in [6.07, 6.45) is 2.28. The first-order chi connectivity index (χ1) is 24.2. The molecule has 2 aromatic carbocycles. The molecule has 4 atom stereocenters. The molecule has 1 aliphatic heterocycles. The third kappa shape index (κ3) is 11.9. The summed E-state index contributed by atoms with van der Waals surface area (Å²) in [6, 6.07) is 13.6. The number of aryl methyl sites for hydroxylation is 2. The maximum Gasteiger partial charge on any atom is 0.246 e. The highest BCUT2D eigenvalue weighted by Crippen LogP contribution is 2.28. The van der Waals surface area contributed by atoms with E-state index in [9.17, 15) is 24.3 Å². The zero-order valence-electron chi connectivity index (χ0n) is 30.0. The van der Waals surface area contributed by atoms with Gasteiger partial charge in [-0.1, -0.05) is 57.2 Å². The number of rotatable bonds is 17. The van der Waals surface area contributed by atoms with E-state index in [1.165, 1.54) is 4.90 Å². The number of benzene rings is 2. The van der Waals surface area contributed by atoms with Gasteiger partial charge in [-0.25, -0.2) is 4.98 Å². The second kappa shape index (κ2) is 18.2. The largest absolute Gasteiger partial charge is 0.492 e. The molecule has 4 rings (SSSR count). The SMILES string of the molecule is Cc1ncsc1-c1ccc(CNC(=O)[C@@H]2C[C@@H](O)CN2C(=O)[C@@H](NC(=O)CCCCc2cccc(OC[C@@H](N)CCC(N)=O)c2)C(C)(C)C)cc1. The number of amides is 4. The summed E-state index contributed by atoms with van der Waals surface area (Å²) in [5.74, 6) is -0.687. The summed E-state index contributed by atoms with van der Waals surface area (Å²) >= 11 is 1.58. The van der Waals surface area contributed by atoms with Crippen molar-refractivity contribution in [3.8, 4) is 16.2 Å². The summed E-state index contributed by atoms with van der Waals surface area (Å²) in [4.78, 5) is 58.2. The molecule has 0 unspecified atom stereocenters. The fourth-order valence-corrected chi connectivity index (χ4v) is 6.84. The van der Waals surface area contributed by atoms with Crippen LogP contribution in [0.2, 0.25) is 0 Å². The molecule has 3 aromatic rings. The summed E-state index contributed by atoms with van der Waals surface area (Å²) in [7, 11) is 0. The maximum atomic E-state index is 13.9. The summed E-state index contributed by atoms with van der Waals surface area (Å²) in [5, 5.41) is 16.4. The number of nitrogens with zero attached hydrogens (tertiary/aromatic N) is 2. The van der Waals surface area contributed by atoms with Gasteiger partial charge < -0.3 is 36.8 Å². The molecule has 51 heavy (non-hydrogen) atoms. The number of nitrogens with one attached hydrogen (secondary N) is 2. The Morgan fingerprint density at radius 3 is 2.49 bits per heavy atom. The minimum Gasteiger partial charge on any atom is -0.492 e. The Morgan fingerprint density at radius 2 is 1.82 bits per heavy atom. The van der Waals surface area contributed by atoms with Gasteiger partial charge >= 0.3 is 0 Å². The van der Waals surface area contributed by atoms with Crippen LogP contribution in [0.1, 0.15) is 76.1 Å². The Hall–Kier alpha value is -4.33. The zero-order valence-corrected chi connectivity index (χ0v) is 30.8. The molecule has 13 heteroatoms. The lowest BCUT2D eigenvalue weighted by Crippen LogP contribution is -2.57. The Morgan fingerprint density at radius 1 is 1.08 bits per heavy atom. The predicted molar refractivity (Wildman–Crippen MR) is 198 cm³/mol. The number of primary amides is 1. The number of hydrogen-bond donors (Lipinski definition) is 5. The first kappa shape index (κ1) is 39.5. The first-order valence-corrected chi connectivity index (χ1v) is 18.4. The van der Waals surface area contributed by atoms with Crippen molar-refractivity contribution in [1.29, 1.82) is 0 Å². The third-order valence-corrected chi connectivity index (χ3v) is 9.93. The van der Waals surface area contributed by atoms with Gasteiger partial charge in [0.1, 0.15) is 24.4 Å². The molecule has 1 saturated heterocycles. The molecule has 7 N–H and O–H groups in total. The first-order valence-electron chi connectivity index (χ1n) is 17.5. The molecule has 0 bridgehead atoms. The Labute approximate surface area is 304 Å². The van der Waals surface area contributed by atoms with Crippen molar-refractivity contribution >= 4 is 35.0 Å². The van der Waals surface area contributed by atoms with Crippen LogP contribution in [0.25, 0.3) is 10.4 Å². The molecule has 1 fully saturated rings. The van der Waals surface area contributed by atoms with Crippen molar-refractivity contribution in [3.05, 3.63) is 70.9 Å². The van der Waals surface area contributed by atoms with Gasteiger partial charge in [0, 0.05) is 38.4 Å². The summed E-state index contributed by atoms with van der Waals surface area (Å²) in [6.45, 7) is 8.15. The highest BCUT2D eigenvalue weighted by atomic mass is 32.1. The third-order valence-electron chi connectivity index (χ3n) is 8.95. The highest BCUT2D eigenvalue weighted by Gasteiger charge is 2.44.